The largest absolute Gasteiger partial charge is 0.496 e. The van der Waals surface area contributed by atoms with Crippen molar-refractivity contribution in [2.24, 2.45) is 0 Å². The van der Waals surface area contributed by atoms with Gasteiger partial charge in [-0.1, -0.05) is 6.92 Å². The Hall–Kier alpha value is -2.12. The summed E-state index contributed by atoms with van der Waals surface area (Å²) in [6, 6.07) is 3.73. The van der Waals surface area contributed by atoms with E-state index in [0.717, 1.165) is 41.5 Å². The quantitative estimate of drug-likeness (QED) is 0.863. The molecular weight excluding hydrogens is 320 g/mol. The van der Waals surface area contributed by atoms with E-state index in [0.29, 0.717) is 25.4 Å². The fraction of sp³-hybridized carbons (Fsp3) is 0.556. The van der Waals surface area contributed by atoms with Gasteiger partial charge in [-0.2, -0.15) is 0 Å². The molecule has 0 radical (unpaired) electrons. The number of hydrogen-bond donors (Lipinski definition) is 1. The SMILES string of the molecule is CCCn1c(C)nnc1CN1Cc2c(OC)ccc(OC)c2[C@H](O)C1. The summed E-state index contributed by atoms with van der Waals surface area (Å²) in [7, 11) is 3.27. The van der Waals surface area contributed by atoms with E-state index in [9.17, 15) is 5.11 Å². The predicted octanol–water partition coefficient (Wildman–Crippen LogP) is 2.06. The Balaban J connectivity index is 1.89. The van der Waals surface area contributed by atoms with E-state index in [4.69, 9.17) is 9.47 Å². The molecule has 0 spiro atoms. The van der Waals surface area contributed by atoms with Gasteiger partial charge < -0.3 is 19.1 Å². The Bertz CT molecular complexity index is 744. The van der Waals surface area contributed by atoms with Crippen molar-refractivity contribution < 1.29 is 14.6 Å². The first-order chi connectivity index (χ1) is 12.1. The molecule has 1 atom stereocenters. The van der Waals surface area contributed by atoms with E-state index in [1.807, 2.05) is 19.1 Å². The highest BCUT2D eigenvalue weighted by Gasteiger charge is 2.30. The molecule has 2 heterocycles. The van der Waals surface area contributed by atoms with E-state index in [1.165, 1.54) is 0 Å². The predicted molar refractivity (Wildman–Crippen MR) is 93.7 cm³/mol. The number of methoxy groups -OCH3 is 2. The minimum atomic E-state index is -0.627. The third kappa shape index (κ3) is 3.34. The van der Waals surface area contributed by atoms with Gasteiger partial charge in [-0.05, 0) is 25.5 Å². The number of benzene rings is 1. The standard InChI is InChI=1S/C18H26N4O3/c1-5-8-22-12(2)19-20-17(22)11-21-9-13-15(24-3)6-7-16(25-4)18(13)14(23)10-21/h6-7,14,23H,5,8-11H2,1-4H3/t14-/m1/s1. The van der Waals surface area contributed by atoms with Gasteiger partial charge in [-0.15, -0.1) is 10.2 Å². The van der Waals surface area contributed by atoms with Crippen molar-refractivity contribution in [1.29, 1.82) is 0 Å². The summed E-state index contributed by atoms with van der Waals surface area (Å²) < 4.78 is 13.1. The zero-order valence-corrected chi connectivity index (χ0v) is 15.3. The second-order valence-electron chi connectivity index (χ2n) is 6.36. The molecule has 0 fully saturated rings. The molecule has 2 aromatic rings. The Labute approximate surface area is 148 Å². The van der Waals surface area contributed by atoms with Crippen LogP contribution >= 0.6 is 0 Å². The van der Waals surface area contributed by atoms with Crippen LogP contribution in [0.25, 0.3) is 0 Å². The summed E-state index contributed by atoms with van der Waals surface area (Å²) in [5.41, 5.74) is 1.79. The van der Waals surface area contributed by atoms with Gasteiger partial charge in [0.05, 0.1) is 26.9 Å². The molecule has 25 heavy (non-hydrogen) atoms. The maximum absolute atomic E-state index is 10.7. The van der Waals surface area contributed by atoms with Crippen LogP contribution < -0.4 is 9.47 Å². The number of aliphatic hydroxyl groups is 1. The molecule has 1 aromatic carbocycles. The van der Waals surface area contributed by atoms with Gasteiger partial charge in [0.1, 0.15) is 23.1 Å². The maximum Gasteiger partial charge on any atom is 0.147 e. The minimum Gasteiger partial charge on any atom is -0.496 e. The van der Waals surface area contributed by atoms with E-state index in [-0.39, 0.29) is 0 Å². The average Bonchev–Trinajstić information content (AvgIpc) is 2.94. The van der Waals surface area contributed by atoms with Gasteiger partial charge in [0.25, 0.3) is 0 Å². The molecule has 1 aliphatic heterocycles. The molecule has 0 unspecified atom stereocenters. The first-order valence-electron chi connectivity index (χ1n) is 8.61. The van der Waals surface area contributed by atoms with Crippen molar-refractivity contribution in [3.63, 3.8) is 0 Å². The van der Waals surface area contributed by atoms with Gasteiger partial charge in [0.2, 0.25) is 0 Å². The summed E-state index contributed by atoms with van der Waals surface area (Å²) in [5, 5.41) is 19.2. The van der Waals surface area contributed by atoms with Crippen molar-refractivity contribution in [1.82, 2.24) is 19.7 Å². The summed E-state index contributed by atoms with van der Waals surface area (Å²) in [6.07, 6.45) is 0.403. The Morgan fingerprint density at radius 1 is 1.20 bits per heavy atom. The first kappa shape index (κ1) is 17.7. The molecule has 0 amide bonds. The number of hydrogen-bond acceptors (Lipinski definition) is 6. The van der Waals surface area contributed by atoms with Gasteiger partial charge in [0, 0.05) is 30.8 Å². The van der Waals surface area contributed by atoms with Crippen LogP contribution in [0, 0.1) is 6.92 Å². The second-order valence-corrected chi connectivity index (χ2v) is 6.36. The summed E-state index contributed by atoms with van der Waals surface area (Å²) in [5.74, 6) is 3.32. The fourth-order valence-electron chi connectivity index (χ4n) is 3.52. The lowest BCUT2D eigenvalue weighted by Gasteiger charge is -2.33. The summed E-state index contributed by atoms with van der Waals surface area (Å²) in [4.78, 5) is 2.17. The number of nitrogens with zero attached hydrogens (tertiary/aromatic N) is 4. The minimum absolute atomic E-state index is 0.522. The van der Waals surface area contributed by atoms with E-state index in [2.05, 4.69) is 26.6 Å². The zero-order valence-electron chi connectivity index (χ0n) is 15.3. The Kier molecular flexibility index (Phi) is 5.24. The number of fused-ring (bicyclic) bond motifs is 1. The smallest absolute Gasteiger partial charge is 0.147 e. The molecule has 7 nitrogen and oxygen atoms in total. The monoisotopic (exact) mass is 346 g/mol. The van der Waals surface area contributed by atoms with Gasteiger partial charge in [0.15, 0.2) is 0 Å². The lowest BCUT2D eigenvalue weighted by molar-refractivity contribution is 0.0820. The molecule has 0 saturated carbocycles. The Morgan fingerprint density at radius 3 is 2.60 bits per heavy atom. The number of aliphatic hydroxyl groups excluding tert-OH is 1. The van der Waals surface area contributed by atoms with Crippen molar-refractivity contribution in [2.45, 2.75) is 46.0 Å². The average molecular weight is 346 g/mol. The molecule has 3 rings (SSSR count). The van der Waals surface area contributed by atoms with Crippen LogP contribution in [0.2, 0.25) is 0 Å². The highest BCUT2D eigenvalue weighted by Crippen LogP contribution is 2.39. The molecule has 136 valence electrons. The molecule has 0 aliphatic carbocycles. The van der Waals surface area contributed by atoms with Crippen LogP contribution in [-0.4, -0.2) is 45.5 Å². The van der Waals surface area contributed by atoms with E-state index < -0.39 is 6.10 Å². The van der Waals surface area contributed by atoms with Crippen LogP contribution in [-0.2, 0) is 19.6 Å². The van der Waals surface area contributed by atoms with E-state index >= 15 is 0 Å². The molecule has 1 aliphatic rings. The van der Waals surface area contributed by atoms with Gasteiger partial charge in [-0.25, -0.2) is 0 Å². The van der Waals surface area contributed by atoms with Crippen LogP contribution in [0.4, 0.5) is 0 Å². The number of rotatable bonds is 6. The molecule has 7 heteroatoms. The van der Waals surface area contributed by atoms with Gasteiger partial charge in [-0.3, -0.25) is 4.90 Å². The molecule has 1 N–H and O–H groups in total. The normalized spacial score (nSPS) is 17.4. The molecule has 0 bridgehead atoms. The second kappa shape index (κ2) is 7.41. The van der Waals surface area contributed by atoms with Crippen molar-refractivity contribution in [2.75, 3.05) is 20.8 Å². The van der Waals surface area contributed by atoms with Crippen molar-refractivity contribution in [3.8, 4) is 11.5 Å². The third-order valence-corrected chi connectivity index (χ3v) is 4.68. The number of ether oxygens (including phenoxy) is 2. The molecule has 1 aromatic heterocycles. The Morgan fingerprint density at radius 2 is 1.92 bits per heavy atom. The van der Waals surface area contributed by atoms with Crippen LogP contribution in [0.5, 0.6) is 11.5 Å². The lowest BCUT2D eigenvalue weighted by atomic mass is 9.95. The van der Waals surface area contributed by atoms with Gasteiger partial charge >= 0.3 is 0 Å². The number of aryl methyl sites for hydroxylation is 1. The highest BCUT2D eigenvalue weighted by atomic mass is 16.5. The first-order valence-corrected chi connectivity index (χ1v) is 8.61. The van der Waals surface area contributed by atoms with Crippen molar-refractivity contribution >= 4 is 0 Å². The van der Waals surface area contributed by atoms with Crippen molar-refractivity contribution in [3.05, 3.63) is 34.9 Å². The topological polar surface area (TPSA) is 72.6 Å². The van der Waals surface area contributed by atoms with Crippen LogP contribution in [0.1, 0.15) is 42.2 Å². The summed E-state index contributed by atoms with van der Waals surface area (Å²) in [6.45, 7) is 6.84. The van der Waals surface area contributed by atoms with Crippen LogP contribution in [0.3, 0.4) is 0 Å². The molecular formula is C18H26N4O3. The summed E-state index contributed by atoms with van der Waals surface area (Å²) >= 11 is 0. The highest BCUT2D eigenvalue weighted by molar-refractivity contribution is 5.51. The molecule has 0 saturated heterocycles. The maximum atomic E-state index is 10.7. The number of β-amino-alcohol motifs (C(OH)–C–C–N with tert-alkyl or cyclic N) is 1. The lowest BCUT2D eigenvalue weighted by Crippen LogP contribution is -2.34. The van der Waals surface area contributed by atoms with Crippen LogP contribution in [0.15, 0.2) is 12.1 Å². The fourth-order valence-corrected chi connectivity index (χ4v) is 3.52. The third-order valence-electron chi connectivity index (χ3n) is 4.68. The van der Waals surface area contributed by atoms with E-state index in [1.54, 1.807) is 14.2 Å². The zero-order chi connectivity index (χ0) is 18.0. The number of aromatic nitrogens is 3.